The van der Waals surface area contributed by atoms with Crippen LogP contribution < -0.4 is 11.1 Å². The summed E-state index contributed by atoms with van der Waals surface area (Å²) in [6, 6.07) is 0. The van der Waals surface area contributed by atoms with Gasteiger partial charge in [-0.3, -0.25) is 4.79 Å². The molecule has 0 aromatic carbocycles. The molecule has 0 fully saturated rings. The van der Waals surface area contributed by atoms with Gasteiger partial charge in [0.05, 0.1) is 11.2 Å². The zero-order valence-corrected chi connectivity index (χ0v) is 11.1. The summed E-state index contributed by atoms with van der Waals surface area (Å²) in [5.74, 6) is -0.175. The molecule has 1 aromatic heterocycles. The van der Waals surface area contributed by atoms with Crippen LogP contribution in [0.4, 0.5) is 5.13 Å². The Labute approximate surface area is 100 Å². The van der Waals surface area contributed by atoms with Crippen molar-refractivity contribution in [3.8, 4) is 0 Å². The van der Waals surface area contributed by atoms with Gasteiger partial charge < -0.3 is 11.1 Å². The Morgan fingerprint density at radius 3 is 2.62 bits per heavy atom. The van der Waals surface area contributed by atoms with Crippen LogP contribution in [0.1, 0.15) is 37.8 Å². The molecule has 1 atom stereocenters. The Kier molecular flexibility index (Phi) is 4.04. The number of carbonyl (C=O) groups is 1. The number of aromatic nitrogens is 1. The first kappa shape index (κ1) is 13.1. The maximum Gasteiger partial charge on any atom is 0.245 e. The van der Waals surface area contributed by atoms with Gasteiger partial charge in [0.2, 0.25) is 5.91 Å². The highest BCUT2D eigenvalue weighted by Crippen LogP contribution is 2.23. The summed E-state index contributed by atoms with van der Waals surface area (Å²) < 4.78 is 0. The van der Waals surface area contributed by atoms with E-state index in [0.717, 1.165) is 17.0 Å². The summed E-state index contributed by atoms with van der Waals surface area (Å²) in [4.78, 5) is 17.3. The molecular formula is C11H19N3OS. The summed E-state index contributed by atoms with van der Waals surface area (Å²) in [7, 11) is 0. The Morgan fingerprint density at radius 1 is 1.56 bits per heavy atom. The van der Waals surface area contributed by atoms with Gasteiger partial charge in [-0.15, -0.1) is 11.3 Å². The number of nitrogens with zero attached hydrogens (tertiary/aromatic N) is 1. The third-order valence-electron chi connectivity index (χ3n) is 2.70. The summed E-state index contributed by atoms with van der Waals surface area (Å²) in [5.41, 5.74) is 6.06. The van der Waals surface area contributed by atoms with E-state index in [1.807, 2.05) is 20.8 Å². The monoisotopic (exact) mass is 241 g/mol. The molecule has 5 heteroatoms. The first-order chi connectivity index (χ1) is 7.40. The second kappa shape index (κ2) is 4.93. The molecule has 0 saturated heterocycles. The second-order valence-corrected chi connectivity index (χ2v) is 5.30. The number of hydrogen-bond acceptors (Lipinski definition) is 4. The predicted octanol–water partition coefficient (Wildman–Crippen LogP) is 2.08. The van der Waals surface area contributed by atoms with Crippen LogP contribution in [0.15, 0.2) is 0 Å². The number of thiazole rings is 1. The van der Waals surface area contributed by atoms with Crippen LogP contribution in [0.5, 0.6) is 0 Å². The van der Waals surface area contributed by atoms with Gasteiger partial charge in [-0.05, 0) is 26.7 Å². The fraction of sp³-hybridized carbons (Fsp3) is 0.636. The molecule has 1 heterocycles. The fourth-order valence-electron chi connectivity index (χ4n) is 1.21. The van der Waals surface area contributed by atoms with Gasteiger partial charge >= 0.3 is 0 Å². The molecular weight excluding hydrogens is 222 g/mol. The Balaban J connectivity index is 2.77. The van der Waals surface area contributed by atoms with E-state index in [1.54, 1.807) is 6.92 Å². The number of anilines is 1. The van der Waals surface area contributed by atoms with Gasteiger partial charge in [0.15, 0.2) is 5.13 Å². The van der Waals surface area contributed by atoms with Crippen molar-refractivity contribution < 1.29 is 4.79 Å². The number of hydrogen-bond donors (Lipinski definition) is 2. The molecule has 0 aliphatic rings. The maximum atomic E-state index is 11.8. The largest absolute Gasteiger partial charge is 0.318 e. The van der Waals surface area contributed by atoms with Crippen molar-refractivity contribution in [1.82, 2.24) is 4.98 Å². The lowest BCUT2D eigenvalue weighted by Gasteiger charge is -2.20. The topological polar surface area (TPSA) is 68.0 Å². The molecule has 1 aromatic rings. The van der Waals surface area contributed by atoms with Gasteiger partial charge in [0.25, 0.3) is 0 Å². The van der Waals surface area contributed by atoms with Crippen molar-refractivity contribution in [2.75, 3.05) is 5.32 Å². The summed E-state index contributed by atoms with van der Waals surface area (Å²) >= 11 is 1.50. The number of amides is 1. The summed E-state index contributed by atoms with van der Waals surface area (Å²) in [6.45, 7) is 7.67. The third kappa shape index (κ3) is 2.80. The van der Waals surface area contributed by atoms with Gasteiger partial charge in [0, 0.05) is 4.88 Å². The molecule has 16 heavy (non-hydrogen) atoms. The third-order valence-corrected chi connectivity index (χ3v) is 3.63. The molecule has 0 bridgehead atoms. The zero-order valence-electron chi connectivity index (χ0n) is 10.3. The lowest BCUT2D eigenvalue weighted by atomic mass is 10.00. The molecule has 1 rings (SSSR count). The van der Waals surface area contributed by atoms with Crippen LogP contribution in [0.2, 0.25) is 0 Å². The van der Waals surface area contributed by atoms with Crippen molar-refractivity contribution >= 4 is 22.4 Å². The summed E-state index contributed by atoms with van der Waals surface area (Å²) in [5, 5.41) is 3.42. The normalized spacial score (nSPS) is 14.6. The highest BCUT2D eigenvalue weighted by atomic mass is 32.1. The minimum Gasteiger partial charge on any atom is -0.318 e. The number of nitrogens with one attached hydrogen (secondary N) is 1. The highest BCUT2D eigenvalue weighted by Gasteiger charge is 2.26. The molecule has 0 saturated carbocycles. The predicted molar refractivity (Wildman–Crippen MR) is 67.7 cm³/mol. The van der Waals surface area contributed by atoms with Crippen LogP contribution in [0.25, 0.3) is 0 Å². The van der Waals surface area contributed by atoms with E-state index in [1.165, 1.54) is 11.3 Å². The molecule has 4 nitrogen and oxygen atoms in total. The van der Waals surface area contributed by atoms with Crippen LogP contribution in [0, 0.1) is 6.92 Å². The van der Waals surface area contributed by atoms with Crippen LogP contribution >= 0.6 is 11.3 Å². The zero-order chi connectivity index (χ0) is 12.3. The molecule has 0 radical (unpaired) electrons. The Hall–Kier alpha value is -0.940. The van der Waals surface area contributed by atoms with Crippen molar-refractivity contribution in [2.24, 2.45) is 5.73 Å². The average Bonchev–Trinajstić information content (AvgIpc) is 2.58. The smallest absolute Gasteiger partial charge is 0.245 e. The van der Waals surface area contributed by atoms with Gasteiger partial charge in [-0.1, -0.05) is 13.8 Å². The number of aryl methyl sites for hydroxylation is 2. The lowest BCUT2D eigenvalue weighted by Crippen LogP contribution is -2.47. The van der Waals surface area contributed by atoms with E-state index in [2.05, 4.69) is 10.3 Å². The Bertz CT molecular complexity index is 385. The Morgan fingerprint density at radius 2 is 2.19 bits per heavy atom. The lowest BCUT2D eigenvalue weighted by molar-refractivity contribution is -0.120. The van der Waals surface area contributed by atoms with Gasteiger partial charge in [0.1, 0.15) is 0 Å². The highest BCUT2D eigenvalue weighted by molar-refractivity contribution is 7.15. The quantitative estimate of drug-likeness (QED) is 0.848. The fourth-order valence-corrected chi connectivity index (χ4v) is 2.11. The van der Waals surface area contributed by atoms with E-state index in [-0.39, 0.29) is 5.91 Å². The first-order valence-electron chi connectivity index (χ1n) is 5.47. The summed E-state index contributed by atoms with van der Waals surface area (Å²) in [6.07, 6.45) is 1.48. The molecule has 1 unspecified atom stereocenters. The average molecular weight is 241 g/mol. The second-order valence-electron chi connectivity index (χ2n) is 4.10. The van der Waals surface area contributed by atoms with Gasteiger partial charge in [-0.25, -0.2) is 4.98 Å². The van der Waals surface area contributed by atoms with E-state index in [0.29, 0.717) is 11.6 Å². The van der Waals surface area contributed by atoms with Crippen molar-refractivity contribution in [2.45, 2.75) is 46.1 Å². The van der Waals surface area contributed by atoms with Crippen LogP contribution in [-0.4, -0.2) is 16.4 Å². The minimum absolute atomic E-state index is 0.175. The van der Waals surface area contributed by atoms with Gasteiger partial charge in [-0.2, -0.15) is 0 Å². The van der Waals surface area contributed by atoms with Crippen molar-refractivity contribution in [3.05, 3.63) is 10.6 Å². The standard InChI is InChI=1S/C11H19N3OS/c1-5-8-7(3)16-10(13-8)14-9(15)11(4,12)6-2/h5-6,12H2,1-4H3,(H,13,14,15). The van der Waals surface area contributed by atoms with E-state index in [4.69, 9.17) is 5.73 Å². The molecule has 0 aliphatic heterocycles. The number of rotatable bonds is 4. The first-order valence-corrected chi connectivity index (χ1v) is 6.29. The SMILES string of the molecule is CCc1nc(NC(=O)C(C)(N)CC)sc1C. The molecule has 90 valence electrons. The van der Waals surface area contributed by atoms with E-state index in [9.17, 15) is 4.79 Å². The number of nitrogens with two attached hydrogens (primary N) is 1. The van der Waals surface area contributed by atoms with Crippen LogP contribution in [0.3, 0.4) is 0 Å². The van der Waals surface area contributed by atoms with E-state index < -0.39 is 5.54 Å². The van der Waals surface area contributed by atoms with Crippen molar-refractivity contribution in [1.29, 1.82) is 0 Å². The molecule has 3 N–H and O–H groups in total. The molecule has 1 amide bonds. The minimum atomic E-state index is -0.827. The van der Waals surface area contributed by atoms with Crippen molar-refractivity contribution in [3.63, 3.8) is 0 Å². The van der Waals surface area contributed by atoms with E-state index >= 15 is 0 Å². The molecule has 0 aliphatic carbocycles. The van der Waals surface area contributed by atoms with Crippen LogP contribution in [-0.2, 0) is 11.2 Å². The maximum absolute atomic E-state index is 11.8. The molecule has 0 spiro atoms. The number of carbonyl (C=O) groups excluding carboxylic acids is 1.